The molecule has 0 aromatic heterocycles. The Hall–Kier alpha value is -2.45. The molecule has 5 nitrogen and oxygen atoms in total. The van der Waals surface area contributed by atoms with Crippen molar-refractivity contribution in [3.05, 3.63) is 35.1 Å². The SMILES string of the molecule is CC(=O)[C@H](NC(=O)c1cccc(C2CCCN(C(=O)C(C)(C)C(F)(F)F)C2)c1F)C1CCCCC1. The van der Waals surface area contributed by atoms with Crippen LogP contribution in [0.4, 0.5) is 17.6 Å². The number of piperidine rings is 1. The molecule has 9 heteroatoms. The van der Waals surface area contributed by atoms with Gasteiger partial charge in [-0.05, 0) is 64.0 Å². The van der Waals surface area contributed by atoms with Crippen LogP contribution in [0.15, 0.2) is 18.2 Å². The van der Waals surface area contributed by atoms with Gasteiger partial charge in [0, 0.05) is 19.0 Å². The van der Waals surface area contributed by atoms with E-state index in [-0.39, 0.29) is 35.9 Å². The predicted octanol–water partition coefficient (Wildman–Crippen LogP) is 5.39. The average molecular weight is 499 g/mol. The van der Waals surface area contributed by atoms with Crippen molar-refractivity contribution in [3.63, 3.8) is 0 Å². The second kappa shape index (κ2) is 10.7. The molecule has 0 radical (unpaired) electrons. The van der Waals surface area contributed by atoms with Crippen molar-refractivity contribution in [1.82, 2.24) is 10.2 Å². The van der Waals surface area contributed by atoms with Crippen LogP contribution in [-0.2, 0) is 9.59 Å². The first kappa shape index (κ1) is 27.1. The highest BCUT2D eigenvalue weighted by Crippen LogP contribution is 2.40. The van der Waals surface area contributed by atoms with Crippen LogP contribution in [0, 0.1) is 17.2 Å². The van der Waals surface area contributed by atoms with Gasteiger partial charge >= 0.3 is 6.18 Å². The first-order valence-electron chi connectivity index (χ1n) is 12.3. The van der Waals surface area contributed by atoms with Crippen molar-refractivity contribution in [1.29, 1.82) is 0 Å². The molecule has 1 N–H and O–H groups in total. The molecule has 1 unspecified atom stereocenters. The topological polar surface area (TPSA) is 66.5 Å². The van der Waals surface area contributed by atoms with Gasteiger partial charge < -0.3 is 10.2 Å². The predicted molar refractivity (Wildman–Crippen MR) is 123 cm³/mol. The fourth-order valence-corrected chi connectivity index (χ4v) is 5.21. The van der Waals surface area contributed by atoms with Crippen LogP contribution in [0.25, 0.3) is 0 Å². The van der Waals surface area contributed by atoms with Crippen LogP contribution in [-0.4, -0.2) is 47.8 Å². The zero-order chi connectivity index (χ0) is 26.0. The average Bonchev–Trinajstić information content (AvgIpc) is 2.81. The van der Waals surface area contributed by atoms with E-state index in [1.165, 1.54) is 25.1 Å². The summed E-state index contributed by atoms with van der Waals surface area (Å²) in [6.07, 6.45) is 0.913. The van der Waals surface area contributed by atoms with Gasteiger partial charge in [0.05, 0.1) is 11.6 Å². The number of nitrogens with one attached hydrogen (secondary N) is 1. The third-order valence-electron chi connectivity index (χ3n) is 7.51. The summed E-state index contributed by atoms with van der Waals surface area (Å²) in [6.45, 7) is 3.23. The molecule has 1 aliphatic carbocycles. The van der Waals surface area contributed by atoms with Gasteiger partial charge in [-0.2, -0.15) is 13.2 Å². The highest BCUT2D eigenvalue weighted by molar-refractivity contribution is 5.98. The van der Waals surface area contributed by atoms with Crippen molar-refractivity contribution < 1.29 is 31.9 Å². The Labute approximate surface area is 203 Å². The van der Waals surface area contributed by atoms with Crippen LogP contribution in [0.5, 0.6) is 0 Å². The highest BCUT2D eigenvalue weighted by Gasteiger charge is 2.54. The molecule has 0 spiro atoms. The van der Waals surface area contributed by atoms with Gasteiger partial charge in [0.1, 0.15) is 11.2 Å². The van der Waals surface area contributed by atoms with Crippen molar-refractivity contribution in [2.24, 2.45) is 11.3 Å². The van der Waals surface area contributed by atoms with Gasteiger partial charge in [-0.25, -0.2) is 4.39 Å². The lowest BCUT2D eigenvalue weighted by Crippen LogP contribution is -2.51. The minimum Gasteiger partial charge on any atom is -0.342 e. The Morgan fingerprint density at radius 3 is 2.29 bits per heavy atom. The molecule has 2 amide bonds. The molecule has 1 aromatic carbocycles. The Balaban J connectivity index is 1.78. The fourth-order valence-electron chi connectivity index (χ4n) is 5.21. The number of Topliss-reactive ketones (excluding diaryl/α,β-unsaturated/α-hetero) is 1. The zero-order valence-electron chi connectivity index (χ0n) is 20.5. The van der Waals surface area contributed by atoms with Crippen LogP contribution < -0.4 is 5.32 Å². The van der Waals surface area contributed by atoms with E-state index in [9.17, 15) is 27.6 Å². The lowest BCUT2D eigenvalue weighted by Gasteiger charge is -2.38. The number of hydrogen-bond acceptors (Lipinski definition) is 3. The van der Waals surface area contributed by atoms with Crippen molar-refractivity contribution in [2.45, 2.75) is 83.9 Å². The summed E-state index contributed by atoms with van der Waals surface area (Å²) in [5.74, 6) is -3.17. The van der Waals surface area contributed by atoms with E-state index in [1.54, 1.807) is 0 Å². The number of carbonyl (C=O) groups is 3. The number of rotatable bonds is 6. The summed E-state index contributed by atoms with van der Waals surface area (Å²) < 4.78 is 55.7. The van der Waals surface area contributed by atoms with Gasteiger partial charge in [-0.3, -0.25) is 14.4 Å². The molecule has 194 valence electrons. The molecule has 0 bridgehead atoms. The van der Waals surface area contributed by atoms with E-state index < -0.39 is 41.2 Å². The maximum atomic E-state index is 15.5. The summed E-state index contributed by atoms with van der Waals surface area (Å²) >= 11 is 0. The molecule has 2 aliphatic rings. The second-order valence-electron chi connectivity index (χ2n) is 10.4. The molecular formula is C26H34F4N2O3. The van der Waals surface area contributed by atoms with E-state index in [2.05, 4.69) is 5.32 Å². The summed E-state index contributed by atoms with van der Waals surface area (Å²) in [5.41, 5.74) is -2.56. The summed E-state index contributed by atoms with van der Waals surface area (Å²) in [5, 5.41) is 2.72. The molecule has 1 aliphatic heterocycles. The van der Waals surface area contributed by atoms with E-state index in [4.69, 9.17) is 0 Å². The van der Waals surface area contributed by atoms with E-state index >= 15 is 4.39 Å². The molecule has 1 saturated carbocycles. The van der Waals surface area contributed by atoms with Crippen molar-refractivity contribution >= 4 is 17.6 Å². The third kappa shape index (κ3) is 5.86. The van der Waals surface area contributed by atoms with Crippen molar-refractivity contribution in [3.8, 4) is 0 Å². The zero-order valence-corrected chi connectivity index (χ0v) is 20.5. The second-order valence-corrected chi connectivity index (χ2v) is 10.4. The summed E-state index contributed by atoms with van der Waals surface area (Å²) in [6, 6.07) is 3.68. The number of nitrogens with zero attached hydrogens (tertiary/aromatic N) is 1. The number of likely N-dealkylation sites (tertiary alicyclic amines) is 1. The Kier molecular flexibility index (Phi) is 8.27. The van der Waals surface area contributed by atoms with Crippen molar-refractivity contribution in [2.75, 3.05) is 13.1 Å². The first-order chi connectivity index (χ1) is 16.3. The lowest BCUT2D eigenvalue weighted by molar-refractivity contribution is -0.217. The normalized spacial score (nSPS) is 20.9. The molecular weight excluding hydrogens is 464 g/mol. The minimum absolute atomic E-state index is 0.0198. The Morgan fingerprint density at radius 1 is 1.03 bits per heavy atom. The maximum absolute atomic E-state index is 15.5. The molecule has 1 heterocycles. The van der Waals surface area contributed by atoms with E-state index in [0.717, 1.165) is 50.9 Å². The van der Waals surface area contributed by atoms with Gasteiger partial charge in [0.2, 0.25) is 5.91 Å². The number of carbonyl (C=O) groups excluding carboxylic acids is 3. The molecule has 2 atom stereocenters. The summed E-state index contributed by atoms with van der Waals surface area (Å²) in [7, 11) is 0. The Morgan fingerprint density at radius 2 is 1.69 bits per heavy atom. The largest absolute Gasteiger partial charge is 0.402 e. The fraction of sp³-hybridized carbons (Fsp3) is 0.654. The van der Waals surface area contributed by atoms with Crippen LogP contribution in [0.1, 0.15) is 87.6 Å². The molecule has 1 aromatic rings. The minimum atomic E-state index is -4.70. The molecule has 2 fully saturated rings. The monoisotopic (exact) mass is 498 g/mol. The first-order valence-corrected chi connectivity index (χ1v) is 12.3. The quantitative estimate of drug-likeness (QED) is 0.535. The third-order valence-corrected chi connectivity index (χ3v) is 7.51. The number of halogens is 4. The number of ketones is 1. The number of amides is 2. The summed E-state index contributed by atoms with van der Waals surface area (Å²) in [4.78, 5) is 39.0. The number of benzene rings is 1. The van der Waals surface area contributed by atoms with Gasteiger partial charge in [-0.1, -0.05) is 31.4 Å². The lowest BCUT2D eigenvalue weighted by atomic mass is 9.82. The standard InChI is InChI=1S/C26H34F4N2O3/c1-16(33)22(17-9-5-4-6-10-17)31-23(34)20-13-7-12-19(21(20)27)18-11-8-14-32(15-18)24(35)25(2,3)26(28,29)30/h7,12-13,17-18,22H,4-6,8-11,14-15H2,1-3H3,(H,31,34)/t18?,22-/m0/s1. The van der Waals surface area contributed by atoms with Gasteiger partial charge in [-0.15, -0.1) is 0 Å². The molecule has 3 rings (SSSR count). The maximum Gasteiger partial charge on any atom is 0.402 e. The Bertz CT molecular complexity index is 954. The number of alkyl halides is 3. The van der Waals surface area contributed by atoms with Crippen LogP contribution in [0.2, 0.25) is 0 Å². The van der Waals surface area contributed by atoms with Gasteiger partial charge in [0.15, 0.2) is 5.78 Å². The molecule has 1 saturated heterocycles. The highest BCUT2D eigenvalue weighted by atomic mass is 19.4. The smallest absolute Gasteiger partial charge is 0.342 e. The van der Waals surface area contributed by atoms with E-state index in [1.807, 2.05) is 0 Å². The van der Waals surface area contributed by atoms with E-state index in [0.29, 0.717) is 12.8 Å². The number of hydrogen-bond donors (Lipinski definition) is 1. The molecule has 35 heavy (non-hydrogen) atoms. The van der Waals surface area contributed by atoms with Crippen LogP contribution in [0.3, 0.4) is 0 Å². The van der Waals surface area contributed by atoms with Gasteiger partial charge in [0.25, 0.3) is 5.91 Å². The van der Waals surface area contributed by atoms with Crippen LogP contribution >= 0.6 is 0 Å².